The second-order valence-electron chi connectivity index (χ2n) is 7.05. The van der Waals surface area contributed by atoms with Gasteiger partial charge in [0, 0.05) is 28.1 Å². The van der Waals surface area contributed by atoms with Gasteiger partial charge in [-0.3, -0.25) is 4.79 Å². The predicted octanol–water partition coefficient (Wildman–Crippen LogP) is 3.78. The number of aromatic nitrogens is 3. The Morgan fingerprint density at radius 3 is 2.55 bits per heavy atom. The summed E-state index contributed by atoms with van der Waals surface area (Å²) in [6, 6.07) is 17.6. The summed E-state index contributed by atoms with van der Waals surface area (Å²) in [5.74, 6) is -0.831. The van der Waals surface area contributed by atoms with E-state index in [0.717, 1.165) is 21.6 Å². The molecule has 0 saturated carbocycles. The Morgan fingerprint density at radius 2 is 1.85 bits per heavy atom. The molecular formula is C23H15ClN4O4S. The maximum Gasteiger partial charge on any atom is 0.312 e. The molecule has 0 aliphatic heterocycles. The van der Waals surface area contributed by atoms with Crippen molar-refractivity contribution in [3.63, 3.8) is 0 Å². The van der Waals surface area contributed by atoms with Gasteiger partial charge in [0.1, 0.15) is 15.5 Å². The molecule has 10 heteroatoms. The molecule has 3 heterocycles. The van der Waals surface area contributed by atoms with Gasteiger partial charge in [0.25, 0.3) is 5.78 Å². The highest BCUT2D eigenvalue weighted by atomic mass is 35.5. The number of fused-ring (bicyclic) bond motifs is 1. The van der Waals surface area contributed by atoms with Gasteiger partial charge in [-0.05, 0) is 41.1 Å². The lowest BCUT2D eigenvalue weighted by atomic mass is 10.1. The third-order valence-corrected chi connectivity index (χ3v) is 6.45. The van der Waals surface area contributed by atoms with Crippen LogP contribution in [0.5, 0.6) is 11.7 Å². The molecule has 33 heavy (non-hydrogen) atoms. The van der Waals surface area contributed by atoms with Gasteiger partial charge < -0.3 is 20.1 Å². The van der Waals surface area contributed by atoms with Crippen molar-refractivity contribution in [3.8, 4) is 28.6 Å². The lowest BCUT2D eigenvalue weighted by Crippen LogP contribution is -2.39. The first-order valence-electron chi connectivity index (χ1n) is 9.69. The van der Waals surface area contributed by atoms with Crippen molar-refractivity contribution in [2.75, 3.05) is 12.8 Å². The third kappa shape index (κ3) is 3.67. The number of carbonyl (C=O) groups is 1. The molecule has 164 valence electrons. The molecule has 0 bridgehead atoms. The van der Waals surface area contributed by atoms with E-state index in [9.17, 15) is 9.90 Å². The van der Waals surface area contributed by atoms with Crippen LogP contribution in [0.15, 0.2) is 65.2 Å². The summed E-state index contributed by atoms with van der Waals surface area (Å²) in [5.41, 5.74) is 8.33. The number of hydrogen-bond donors (Lipinski definition) is 1. The van der Waals surface area contributed by atoms with Crippen molar-refractivity contribution >= 4 is 44.6 Å². The highest BCUT2D eigenvalue weighted by Crippen LogP contribution is 2.36. The van der Waals surface area contributed by atoms with Crippen LogP contribution in [0.1, 0.15) is 15.4 Å². The van der Waals surface area contributed by atoms with Crippen molar-refractivity contribution in [1.82, 2.24) is 10.3 Å². The quantitative estimate of drug-likeness (QED) is 0.301. The standard InChI is InChI=1S/C23H15ClN4O4S/c1-31-15-8-6-14(7-9-15)28-19(23(30)32-27-28)20(29)21-18(25)16-10-11-17(26-22(16)33-21)12-2-4-13(24)5-3-12/h2-11H,1H3,(H2-,25,27,29,30). The average molecular weight is 479 g/mol. The summed E-state index contributed by atoms with van der Waals surface area (Å²) in [7, 11) is 1.54. The SMILES string of the molecule is COc1ccc(-[n+]2noc([O-])c2C(=O)c2sc3nc(-c4ccc(Cl)cc4)ccc3c2N)cc1. The molecule has 0 atom stereocenters. The Morgan fingerprint density at radius 1 is 1.12 bits per heavy atom. The molecule has 0 amide bonds. The molecule has 2 N–H and O–H groups in total. The van der Waals surface area contributed by atoms with Gasteiger partial charge in [-0.1, -0.05) is 23.7 Å². The van der Waals surface area contributed by atoms with Crippen molar-refractivity contribution in [1.29, 1.82) is 0 Å². The summed E-state index contributed by atoms with van der Waals surface area (Å²) < 4.78 is 11.1. The molecular weight excluding hydrogens is 464 g/mol. The van der Waals surface area contributed by atoms with Crippen LogP contribution in [-0.2, 0) is 0 Å². The fourth-order valence-electron chi connectivity index (χ4n) is 3.39. The zero-order valence-electron chi connectivity index (χ0n) is 17.1. The fourth-order valence-corrected chi connectivity index (χ4v) is 4.55. The third-order valence-electron chi connectivity index (χ3n) is 5.08. The topological polar surface area (TPSA) is 118 Å². The number of ether oxygens (including phenoxy) is 1. The van der Waals surface area contributed by atoms with E-state index in [-0.39, 0.29) is 16.3 Å². The van der Waals surface area contributed by atoms with E-state index in [0.29, 0.717) is 32.4 Å². The van der Waals surface area contributed by atoms with Crippen LogP contribution < -0.4 is 20.3 Å². The number of carbonyl (C=O) groups excluding carboxylic acids is 1. The summed E-state index contributed by atoms with van der Waals surface area (Å²) in [5, 5.41) is 17.4. The maximum atomic E-state index is 13.4. The van der Waals surface area contributed by atoms with Crippen molar-refractivity contribution in [2.45, 2.75) is 0 Å². The van der Waals surface area contributed by atoms with E-state index in [1.807, 2.05) is 18.2 Å². The molecule has 0 radical (unpaired) electrons. The van der Waals surface area contributed by atoms with Crippen LogP contribution >= 0.6 is 22.9 Å². The molecule has 0 spiro atoms. The van der Waals surface area contributed by atoms with Crippen molar-refractivity contribution < 1.29 is 23.8 Å². The molecule has 0 aliphatic rings. The Hall–Kier alpha value is -3.95. The van der Waals surface area contributed by atoms with E-state index >= 15 is 0 Å². The van der Waals surface area contributed by atoms with E-state index in [2.05, 4.69) is 10.3 Å². The summed E-state index contributed by atoms with van der Waals surface area (Å²) in [6.45, 7) is 0. The predicted molar refractivity (Wildman–Crippen MR) is 122 cm³/mol. The minimum absolute atomic E-state index is 0.188. The average Bonchev–Trinajstić information content (AvgIpc) is 3.38. The van der Waals surface area contributed by atoms with Gasteiger partial charge in [-0.2, -0.15) is 0 Å². The largest absolute Gasteiger partial charge is 0.539 e. The molecule has 3 aromatic heterocycles. The van der Waals surface area contributed by atoms with Gasteiger partial charge in [0.15, 0.2) is 5.95 Å². The van der Waals surface area contributed by atoms with Crippen LogP contribution in [0.4, 0.5) is 5.69 Å². The van der Waals surface area contributed by atoms with Gasteiger partial charge in [0.2, 0.25) is 5.69 Å². The second-order valence-corrected chi connectivity index (χ2v) is 8.48. The number of nitrogens with zero attached hydrogens (tertiary/aromatic N) is 3. The summed E-state index contributed by atoms with van der Waals surface area (Å²) >= 11 is 7.08. The first-order valence-corrected chi connectivity index (χ1v) is 10.9. The fraction of sp³-hybridized carbons (Fsp3) is 0.0435. The van der Waals surface area contributed by atoms with E-state index in [4.69, 9.17) is 26.6 Å². The Balaban J connectivity index is 1.57. The second kappa shape index (κ2) is 8.19. The Kier molecular flexibility index (Phi) is 5.20. The van der Waals surface area contributed by atoms with E-state index in [1.54, 1.807) is 49.6 Å². The lowest BCUT2D eigenvalue weighted by molar-refractivity contribution is -0.672. The Labute approximate surface area is 196 Å². The number of thiophene rings is 1. The molecule has 8 nitrogen and oxygen atoms in total. The minimum atomic E-state index is -0.859. The van der Waals surface area contributed by atoms with Gasteiger partial charge >= 0.3 is 5.69 Å². The van der Waals surface area contributed by atoms with Crippen LogP contribution in [-0.4, -0.2) is 23.1 Å². The normalized spacial score (nSPS) is 11.1. The molecule has 0 aliphatic carbocycles. The van der Waals surface area contributed by atoms with Crippen molar-refractivity contribution in [2.24, 2.45) is 0 Å². The zero-order valence-corrected chi connectivity index (χ0v) is 18.7. The molecule has 2 aromatic carbocycles. The van der Waals surface area contributed by atoms with Crippen LogP contribution in [0.3, 0.4) is 0 Å². The Bertz CT molecular complexity index is 1490. The van der Waals surface area contributed by atoms with Gasteiger partial charge in [-0.15, -0.1) is 11.3 Å². The number of hydrogen-bond acceptors (Lipinski definition) is 8. The van der Waals surface area contributed by atoms with Gasteiger partial charge in [-0.25, -0.2) is 4.98 Å². The highest BCUT2D eigenvalue weighted by Gasteiger charge is 2.32. The van der Waals surface area contributed by atoms with Crippen LogP contribution in [0.2, 0.25) is 5.02 Å². The first-order chi connectivity index (χ1) is 16.0. The number of halogens is 1. The molecule has 5 rings (SSSR count). The first kappa shape index (κ1) is 20.9. The molecule has 0 saturated heterocycles. The van der Waals surface area contributed by atoms with Crippen molar-refractivity contribution in [3.05, 3.63) is 76.3 Å². The molecule has 5 aromatic rings. The van der Waals surface area contributed by atoms with E-state index < -0.39 is 11.7 Å². The summed E-state index contributed by atoms with van der Waals surface area (Å²) in [4.78, 5) is 18.8. The number of pyridine rings is 1. The summed E-state index contributed by atoms with van der Waals surface area (Å²) in [6.07, 6.45) is 0. The minimum Gasteiger partial charge on any atom is -0.539 e. The monoisotopic (exact) mass is 478 g/mol. The number of nitrogens with two attached hydrogens (primary N) is 1. The maximum absolute atomic E-state index is 13.4. The smallest absolute Gasteiger partial charge is 0.312 e. The number of benzene rings is 2. The van der Waals surface area contributed by atoms with E-state index in [1.165, 1.54) is 0 Å². The molecule has 0 fully saturated rings. The molecule has 0 unspecified atom stereocenters. The zero-order chi connectivity index (χ0) is 23.1. The number of nitrogen functional groups attached to an aromatic ring is 1. The van der Waals surface area contributed by atoms with Crippen LogP contribution in [0.25, 0.3) is 27.2 Å². The number of ketones is 1. The lowest BCUT2D eigenvalue weighted by Gasteiger charge is -2.01. The number of rotatable bonds is 5. The van der Waals surface area contributed by atoms with Crippen LogP contribution in [0, 0.1) is 0 Å². The highest BCUT2D eigenvalue weighted by molar-refractivity contribution is 7.21. The number of anilines is 1. The van der Waals surface area contributed by atoms with Gasteiger partial charge in [0.05, 0.1) is 23.8 Å². The number of methoxy groups -OCH3 is 1.